The van der Waals surface area contributed by atoms with Gasteiger partial charge in [0, 0.05) is 26.2 Å². The van der Waals surface area contributed by atoms with Crippen LogP contribution >= 0.6 is 0 Å². The van der Waals surface area contributed by atoms with Crippen LogP contribution in [-0.2, 0) is 10.0 Å². The van der Waals surface area contributed by atoms with Crippen LogP contribution in [0.3, 0.4) is 0 Å². The number of hydrogen-bond acceptors (Lipinski definition) is 3. The Labute approximate surface area is 117 Å². The first-order valence-corrected chi connectivity index (χ1v) is 7.80. The number of rotatable bonds is 6. The molecule has 1 saturated heterocycles. The summed E-state index contributed by atoms with van der Waals surface area (Å²) in [7, 11) is -4.45. The van der Waals surface area contributed by atoms with Crippen LogP contribution < -0.4 is 11.1 Å². The van der Waals surface area contributed by atoms with Crippen LogP contribution in [0.15, 0.2) is 17.6 Å². The Morgan fingerprint density at radius 3 is 2.60 bits per heavy atom. The maximum Gasteiger partial charge on any atom is 0.350 e. The summed E-state index contributed by atoms with van der Waals surface area (Å²) in [4.78, 5) is 4.13. The van der Waals surface area contributed by atoms with E-state index in [1.165, 1.54) is 0 Å². The van der Waals surface area contributed by atoms with Crippen LogP contribution in [0.1, 0.15) is 12.8 Å². The highest BCUT2D eigenvalue weighted by Gasteiger charge is 2.34. The second-order valence-corrected chi connectivity index (χ2v) is 6.45. The van der Waals surface area contributed by atoms with E-state index in [0.29, 0.717) is 31.9 Å². The molecule has 1 fully saturated rings. The number of hydrogen-bond donors (Lipinski definition) is 2. The van der Waals surface area contributed by atoms with Gasteiger partial charge in [-0.1, -0.05) is 6.08 Å². The van der Waals surface area contributed by atoms with Crippen molar-refractivity contribution in [2.75, 3.05) is 26.2 Å². The molecule has 3 N–H and O–H groups in total. The molecule has 0 amide bonds. The topological polar surface area (TPSA) is 87.8 Å². The van der Waals surface area contributed by atoms with Crippen LogP contribution in [0.4, 0.5) is 8.78 Å². The van der Waals surface area contributed by atoms with Gasteiger partial charge in [-0.2, -0.15) is 13.1 Å². The Kier molecular flexibility index (Phi) is 6.34. The number of nitrogens with zero attached hydrogens (tertiary/aromatic N) is 2. The molecule has 0 atom stereocenters. The molecule has 0 unspecified atom stereocenters. The fourth-order valence-electron chi connectivity index (χ4n) is 1.92. The first-order chi connectivity index (χ1) is 9.37. The minimum Gasteiger partial charge on any atom is -0.370 e. The van der Waals surface area contributed by atoms with Gasteiger partial charge < -0.3 is 11.1 Å². The third-order valence-electron chi connectivity index (χ3n) is 3.11. The van der Waals surface area contributed by atoms with Gasteiger partial charge in [-0.05, 0) is 18.8 Å². The predicted octanol–water partition coefficient (Wildman–Crippen LogP) is 0.341. The van der Waals surface area contributed by atoms with Crippen molar-refractivity contribution in [3.8, 4) is 0 Å². The summed E-state index contributed by atoms with van der Waals surface area (Å²) in [6.45, 7) is 4.71. The van der Waals surface area contributed by atoms with Gasteiger partial charge in [0.25, 0.3) is 10.0 Å². The molecule has 0 aromatic rings. The average Bonchev–Trinajstić information content (AvgIpc) is 2.43. The summed E-state index contributed by atoms with van der Waals surface area (Å²) in [6.07, 6.45) is 2.66. The third-order valence-corrected chi connectivity index (χ3v) is 4.64. The first-order valence-electron chi connectivity index (χ1n) is 6.29. The molecule has 1 aliphatic heterocycles. The van der Waals surface area contributed by atoms with Crippen LogP contribution in [0.2, 0.25) is 0 Å². The number of aliphatic imine (C=N–C) groups is 1. The Morgan fingerprint density at radius 2 is 2.10 bits per heavy atom. The van der Waals surface area contributed by atoms with Crippen LogP contribution in [-0.4, -0.2) is 50.6 Å². The van der Waals surface area contributed by atoms with E-state index in [0.717, 1.165) is 4.31 Å². The fraction of sp³-hybridized carbons (Fsp3) is 0.727. The van der Waals surface area contributed by atoms with Gasteiger partial charge in [-0.15, -0.1) is 6.58 Å². The smallest absolute Gasteiger partial charge is 0.350 e. The van der Waals surface area contributed by atoms with E-state index >= 15 is 0 Å². The van der Waals surface area contributed by atoms with Crippen molar-refractivity contribution in [2.45, 2.75) is 18.6 Å². The number of alkyl halides is 2. The zero-order chi connectivity index (χ0) is 15.2. The van der Waals surface area contributed by atoms with Crippen molar-refractivity contribution in [2.24, 2.45) is 16.6 Å². The largest absolute Gasteiger partial charge is 0.370 e. The third kappa shape index (κ3) is 4.71. The van der Waals surface area contributed by atoms with Crippen molar-refractivity contribution < 1.29 is 17.2 Å². The molecule has 116 valence electrons. The van der Waals surface area contributed by atoms with Crippen molar-refractivity contribution in [3.05, 3.63) is 12.7 Å². The van der Waals surface area contributed by atoms with Gasteiger partial charge >= 0.3 is 5.76 Å². The highest BCUT2D eigenvalue weighted by Crippen LogP contribution is 2.22. The molecule has 0 aromatic carbocycles. The van der Waals surface area contributed by atoms with Crippen molar-refractivity contribution >= 4 is 16.0 Å². The molecule has 1 aliphatic rings. The molecule has 0 aliphatic carbocycles. The van der Waals surface area contributed by atoms with Gasteiger partial charge in [0.1, 0.15) is 0 Å². The Hall–Kier alpha value is -1.22. The van der Waals surface area contributed by atoms with Crippen molar-refractivity contribution in [3.63, 3.8) is 0 Å². The SMILES string of the molecule is C=CCNC(N)=NCC1CCN(S(=O)(=O)C(F)F)CC1. The van der Waals surface area contributed by atoms with Crippen LogP contribution in [0.5, 0.6) is 0 Å². The summed E-state index contributed by atoms with van der Waals surface area (Å²) < 4.78 is 48.2. The molecule has 0 radical (unpaired) electrons. The van der Waals surface area contributed by atoms with E-state index in [1.807, 2.05) is 0 Å². The fourth-order valence-corrected chi connectivity index (χ4v) is 2.86. The number of guanidine groups is 1. The number of nitrogens with one attached hydrogen (secondary N) is 1. The molecule has 6 nitrogen and oxygen atoms in total. The lowest BCUT2D eigenvalue weighted by molar-refractivity contribution is 0.205. The Morgan fingerprint density at radius 1 is 1.50 bits per heavy atom. The zero-order valence-electron chi connectivity index (χ0n) is 11.1. The Bertz CT molecular complexity index is 445. The lowest BCUT2D eigenvalue weighted by Crippen LogP contribution is -2.42. The molecule has 0 aromatic heterocycles. The molecular weight excluding hydrogens is 290 g/mol. The lowest BCUT2D eigenvalue weighted by Gasteiger charge is -2.30. The minimum atomic E-state index is -4.45. The van der Waals surface area contributed by atoms with E-state index in [-0.39, 0.29) is 19.0 Å². The van der Waals surface area contributed by atoms with E-state index in [9.17, 15) is 17.2 Å². The maximum atomic E-state index is 12.4. The van der Waals surface area contributed by atoms with Gasteiger partial charge in [-0.25, -0.2) is 8.42 Å². The number of piperidine rings is 1. The highest BCUT2D eigenvalue weighted by molar-refractivity contribution is 7.89. The van der Waals surface area contributed by atoms with E-state index in [4.69, 9.17) is 5.73 Å². The molecule has 1 rings (SSSR count). The molecule has 9 heteroatoms. The molecule has 0 saturated carbocycles. The van der Waals surface area contributed by atoms with Crippen molar-refractivity contribution in [1.82, 2.24) is 9.62 Å². The van der Waals surface area contributed by atoms with E-state index in [2.05, 4.69) is 16.9 Å². The predicted molar refractivity (Wildman–Crippen MR) is 73.9 cm³/mol. The second kappa shape index (κ2) is 7.53. The van der Waals surface area contributed by atoms with Crippen molar-refractivity contribution in [1.29, 1.82) is 0 Å². The standard InChI is InChI=1S/C11H20F2N4O2S/c1-2-5-15-11(14)16-8-9-3-6-17(7-4-9)20(18,19)10(12)13/h2,9-10H,1,3-8H2,(H3,14,15,16). The second-order valence-electron chi connectivity index (χ2n) is 4.54. The number of nitrogens with two attached hydrogens (primary N) is 1. The summed E-state index contributed by atoms with van der Waals surface area (Å²) >= 11 is 0. The van der Waals surface area contributed by atoms with Crippen LogP contribution in [0, 0.1) is 5.92 Å². The molecule has 1 heterocycles. The monoisotopic (exact) mass is 310 g/mol. The molecule has 0 bridgehead atoms. The average molecular weight is 310 g/mol. The van der Waals surface area contributed by atoms with E-state index < -0.39 is 15.8 Å². The summed E-state index contributed by atoms with van der Waals surface area (Å²) in [5.74, 6) is -2.90. The quantitative estimate of drug-likeness (QED) is 0.421. The summed E-state index contributed by atoms with van der Waals surface area (Å²) in [6, 6.07) is 0. The van der Waals surface area contributed by atoms with E-state index in [1.54, 1.807) is 6.08 Å². The number of sulfonamides is 1. The molecular formula is C11H20F2N4O2S. The van der Waals surface area contributed by atoms with Gasteiger partial charge in [0.15, 0.2) is 5.96 Å². The van der Waals surface area contributed by atoms with Gasteiger partial charge in [0.2, 0.25) is 0 Å². The Balaban J connectivity index is 2.41. The van der Waals surface area contributed by atoms with Gasteiger partial charge in [-0.3, -0.25) is 4.99 Å². The lowest BCUT2D eigenvalue weighted by atomic mass is 9.98. The maximum absolute atomic E-state index is 12.4. The highest BCUT2D eigenvalue weighted by atomic mass is 32.2. The number of halogens is 2. The molecule has 20 heavy (non-hydrogen) atoms. The van der Waals surface area contributed by atoms with Crippen LogP contribution in [0.25, 0.3) is 0 Å². The normalized spacial score (nSPS) is 19.2. The minimum absolute atomic E-state index is 0.104. The first kappa shape index (κ1) is 16.8. The molecule has 0 spiro atoms. The summed E-state index contributed by atoms with van der Waals surface area (Å²) in [5, 5.41) is 2.82. The zero-order valence-corrected chi connectivity index (χ0v) is 12.0. The van der Waals surface area contributed by atoms with Gasteiger partial charge in [0.05, 0.1) is 0 Å². The summed E-state index contributed by atoms with van der Waals surface area (Å²) in [5.41, 5.74) is 5.60.